The zero-order chi connectivity index (χ0) is 15.1. The summed E-state index contributed by atoms with van der Waals surface area (Å²) in [6.45, 7) is 3.44. The van der Waals surface area contributed by atoms with Gasteiger partial charge in [-0.15, -0.1) is 0 Å². The van der Waals surface area contributed by atoms with Crippen LogP contribution in [0.4, 0.5) is 0 Å². The van der Waals surface area contributed by atoms with E-state index in [1.807, 2.05) is 4.72 Å². The molecule has 0 saturated heterocycles. The summed E-state index contributed by atoms with van der Waals surface area (Å²) >= 11 is 0. The number of aliphatic carboxylic acids is 1. The lowest BCUT2D eigenvalue weighted by atomic mass is 10.2. The Morgan fingerprint density at radius 3 is 2.32 bits per heavy atom. The normalized spacial score (nSPS) is 13.3. The Kier molecular flexibility index (Phi) is 7.57. The van der Waals surface area contributed by atoms with Crippen LogP contribution in [-0.4, -0.2) is 57.1 Å². The molecule has 112 valence electrons. The van der Waals surface area contributed by atoms with Crippen molar-refractivity contribution in [2.24, 2.45) is 0 Å². The van der Waals surface area contributed by atoms with Crippen molar-refractivity contribution in [2.75, 3.05) is 19.5 Å². The number of hydrogen-bond donors (Lipinski definition) is 2. The van der Waals surface area contributed by atoms with E-state index in [4.69, 9.17) is 9.84 Å². The average molecular weight is 297 g/mol. The molecular weight excluding hydrogens is 278 g/mol. The first kappa shape index (κ1) is 17.8. The van der Waals surface area contributed by atoms with E-state index >= 15 is 0 Å². The zero-order valence-corrected chi connectivity index (χ0v) is 11.9. The Labute approximate surface area is 112 Å². The molecule has 0 amide bonds. The van der Waals surface area contributed by atoms with Crippen LogP contribution >= 0.6 is 0 Å². The summed E-state index contributed by atoms with van der Waals surface area (Å²) in [6, 6.07) is -1.54. The van der Waals surface area contributed by atoms with Crippen LogP contribution in [0.15, 0.2) is 0 Å². The summed E-state index contributed by atoms with van der Waals surface area (Å²) < 4.78 is 34.5. The highest BCUT2D eigenvalue weighted by molar-refractivity contribution is 7.89. The Balaban J connectivity index is 4.48. The van der Waals surface area contributed by atoms with Crippen LogP contribution in [0.5, 0.6) is 0 Å². The second kappa shape index (κ2) is 8.08. The first-order valence-electron chi connectivity index (χ1n) is 5.59. The van der Waals surface area contributed by atoms with Crippen LogP contribution in [0.25, 0.3) is 0 Å². The molecule has 0 bridgehead atoms. The van der Waals surface area contributed by atoms with Crippen molar-refractivity contribution in [3.05, 3.63) is 0 Å². The molecule has 0 aromatic carbocycles. The van der Waals surface area contributed by atoms with Crippen molar-refractivity contribution in [2.45, 2.75) is 32.4 Å². The van der Waals surface area contributed by atoms with E-state index in [-0.39, 0.29) is 18.5 Å². The molecular formula is C10H19NO7S. The number of nitrogens with one attached hydrogen (secondary N) is 1. The van der Waals surface area contributed by atoms with Gasteiger partial charge in [-0.1, -0.05) is 0 Å². The summed E-state index contributed by atoms with van der Waals surface area (Å²) in [5, 5.41) is 8.83. The van der Waals surface area contributed by atoms with Crippen LogP contribution in [0, 0.1) is 0 Å². The zero-order valence-electron chi connectivity index (χ0n) is 11.1. The second-order valence-electron chi connectivity index (χ2n) is 4.03. The van der Waals surface area contributed by atoms with Crippen LogP contribution in [0.1, 0.15) is 20.3 Å². The average Bonchev–Trinajstić information content (AvgIpc) is 2.26. The Bertz CT molecular complexity index is 404. The van der Waals surface area contributed by atoms with Gasteiger partial charge in [0.15, 0.2) is 0 Å². The molecule has 0 unspecified atom stereocenters. The summed E-state index contributed by atoms with van der Waals surface area (Å²) in [5.74, 6) is -2.64. The van der Waals surface area contributed by atoms with Crippen molar-refractivity contribution in [1.29, 1.82) is 0 Å². The SMILES string of the molecule is COC(=O)C[C@H](NS(=O)(=O)CCOC(C)C)C(=O)O. The van der Waals surface area contributed by atoms with Gasteiger partial charge in [-0.2, -0.15) is 0 Å². The van der Waals surface area contributed by atoms with Gasteiger partial charge in [0.25, 0.3) is 0 Å². The molecule has 0 aliphatic carbocycles. The minimum absolute atomic E-state index is 0.0580. The number of ether oxygens (including phenoxy) is 2. The van der Waals surface area contributed by atoms with E-state index in [9.17, 15) is 18.0 Å². The number of carboxylic acids is 1. The summed E-state index contributed by atoms with van der Waals surface area (Å²) in [7, 11) is -2.75. The summed E-state index contributed by atoms with van der Waals surface area (Å²) in [4.78, 5) is 21.8. The molecule has 0 saturated carbocycles. The summed E-state index contributed by atoms with van der Waals surface area (Å²) in [6.07, 6.45) is -0.698. The fraction of sp³-hybridized carbons (Fsp3) is 0.800. The lowest BCUT2D eigenvalue weighted by molar-refractivity contribution is -0.147. The fourth-order valence-electron chi connectivity index (χ4n) is 1.10. The van der Waals surface area contributed by atoms with Crippen LogP contribution in [0.2, 0.25) is 0 Å². The highest BCUT2D eigenvalue weighted by atomic mass is 32.2. The molecule has 0 spiro atoms. The van der Waals surface area contributed by atoms with Gasteiger partial charge in [-0.05, 0) is 13.8 Å². The number of carboxylic acid groups (broad SMARTS) is 1. The van der Waals surface area contributed by atoms with E-state index in [0.717, 1.165) is 7.11 Å². The van der Waals surface area contributed by atoms with E-state index < -0.39 is 34.4 Å². The summed E-state index contributed by atoms with van der Waals surface area (Å²) in [5.41, 5.74) is 0. The third-order valence-electron chi connectivity index (χ3n) is 2.02. The van der Waals surface area contributed by atoms with Crippen molar-refractivity contribution >= 4 is 22.0 Å². The van der Waals surface area contributed by atoms with E-state index in [0.29, 0.717) is 0 Å². The van der Waals surface area contributed by atoms with Gasteiger partial charge in [-0.3, -0.25) is 9.59 Å². The van der Waals surface area contributed by atoms with E-state index in [1.165, 1.54) is 0 Å². The first-order chi connectivity index (χ1) is 8.68. The maximum atomic E-state index is 11.6. The molecule has 1 atom stereocenters. The Morgan fingerprint density at radius 1 is 1.32 bits per heavy atom. The minimum atomic E-state index is -3.84. The molecule has 8 nitrogen and oxygen atoms in total. The van der Waals surface area contributed by atoms with Gasteiger partial charge in [-0.25, -0.2) is 13.1 Å². The monoisotopic (exact) mass is 297 g/mol. The maximum Gasteiger partial charge on any atom is 0.322 e. The molecule has 0 heterocycles. The molecule has 0 aromatic rings. The highest BCUT2D eigenvalue weighted by Crippen LogP contribution is 1.99. The van der Waals surface area contributed by atoms with Gasteiger partial charge in [0.05, 0.1) is 32.0 Å². The number of carbonyl (C=O) groups excluding carboxylic acids is 1. The third kappa shape index (κ3) is 8.51. The standard InChI is InChI=1S/C10H19NO7S/c1-7(2)18-4-5-19(15,16)11-8(10(13)14)6-9(12)17-3/h7-8,11H,4-6H2,1-3H3,(H,13,14)/t8-/m0/s1. The maximum absolute atomic E-state index is 11.6. The number of rotatable bonds is 9. The molecule has 0 aromatic heterocycles. The van der Waals surface area contributed by atoms with Crippen LogP contribution in [0.3, 0.4) is 0 Å². The van der Waals surface area contributed by atoms with Gasteiger partial charge in [0.1, 0.15) is 6.04 Å². The lowest BCUT2D eigenvalue weighted by Crippen LogP contribution is -2.43. The quantitative estimate of drug-likeness (QED) is 0.542. The van der Waals surface area contributed by atoms with Crippen molar-refractivity contribution in [3.8, 4) is 0 Å². The lowest BCUT2D eigenvalue weighted by Gasteiger charge is -2.14. The first-order valence-corrected chi connectivity index (χ1v) is 7.24. The second-order valence-corrected chi connectivity index (χ2v) is 5.90. The minimum Gasteiger partial charge on any atom is -0.480 e. The molecule has 19 heavy (non-hydrogen) atoms. The topological polar surface area (TPSA) is 119 Å². The predicted octanol–water partition coefficient (Wildman–Crippen LogP) is -0.653. The van der Waals surface area contributed by atoms with Gasteiger partial charge in [0.2, 0.25) is 10.0 Å². The Morgan fingerprint density at radius 2 is 1.89 bits per heavy atom. The molecule has 0 aliphatic rings. The third-order valence-corrected chi connectivity index (χ3v) is 3.37. The van der Waals surface area contributed by atoms with Crippen LogP contribution in [-0.2, 0) is 29.1 Å². The van der Waals surface area contributed by atoms with E-state index in [2.05, 4.69) is 4.74 Å². The fourth-order valence-corrected chi connectivity index (χ4v) is 2.15. The van der Waals surface area contributed by atoms with Crippen molar-refractivity contribution in [1.82, 2.24) is 4.72 Å². The molecule has 0 rings (SSSR count). The van der Waals surface area contributed by atoms with Gasteiger partial charge in [0, 0.05) is 0 Å². The molecule has 0 radical (unpaired) electrons. The number of esters is 1. The van der Waals surface area contributed by atoms with Gasteiger partial charge < -0.3 is 14.6 Å². The highest BCUT2D eigenvalue weighted by Gasteiger charge is 2.26. The molecule has 0 aliphatic heterocycles. The number of methoxy groups -OCH3 is 1. The van der Waals surface area contributed by atoms with Crippen molar-refractivity contribution < 1.29 is 32.6 Å². The van der Waals surface area contributed by atoms with E-state index in [1.54, 1.807) is 13.8 Å². The number of sulfonamides is 1. The largest absolute Gasteiger partial charge is 0.480 e. The van der Waals surface area contributed by atoms with Gasteiger partial charge >= 0.3 is 11.9 Å². The predicted molar refractivity (Wildman–Crippen MR) is 66.1 cm³/mol. The molecule has 9 heteroatoms. The van der Waals surface area contributed by atoms with Crippen LogP contribution < -0.4 is 4.72 Å². The Hall–Kier alpha value is -1.19. The van der Waals surface area contributed by atoms with Crippen molar-refractivity contribution in [3.63, 3.8) is 0 Å². The molecule has 2 N–H and O–H groups in total. The number of carbonyl (C=O) groups is 2. The number of hydrogen-bond acceptors (Lipinski definition) is 6. The smallest absolute Gasteiger partial charge is 0.322 e. The molecule has 0 fully saturated rings.